The molecule has 116 valence electrons. The number of aromatic nitrogens is 2. The molecule has 2 saturated heterocycles. The third kappa shape index (κ3) is 3.27. The van der Waals surface area contributed by atoms with E-state index in [0.29, 0.717) is 5.92 Å². The molecule has 0 spiro atoms. The van der Waals surface area contributed by atoms with Gasteiger partial charge in [-0.3, -0.25) is 9.89 Å². The Bertz CT molecular complexity index is 448. The van der Waals surface area contributed by atoms with Crippen LogP contribution in [0, 0.1) is 5.92 Å². The second-order valence-electron chi connectivity index (χ2n) is 6.11. The summed E-state index contributed by atoms with van der Waals surface area (Å²) in [5.74, 6) is 0.900. The fraction of sp³-hybridized carbons (Fsp3) is 0.733. The summed E-state index contributed by atoms with van der Waals surface area (Å²) >= 11 is 0. The lowest BCUT2D eigenvalue weighted by Gasteiger charge is -2.35. The number of nitrogens with two attached hydrogens (primary N) is 1. The molecule has 3 N–H and O–H groups in total. The highest BCUT2D eigenvalue weighted by atomic mass is 16.5. The summed E-state index contributed by atoms with van der Waals surface area (Å²) in [4.78, 5) is 14.5. The summed E-state index contributed by atoms with van der Waals surface area (Å²) < 4.78 is 5.34. The van der Waals surface area contributed by atoms with Gasteiger partial charge in [0, 0.05) is 32.5 Å². The number of hydrogen-bond donors (Lipinski definition) is 2. The van der Waals surface area contributed by atoms with Crippen LogP contribution in [0.5, 0.6) is 0 Å². The van der Waals surface area contributed by atoms with E-state index >= 15 is 0 Å². The summed E-state index contributed by atoms with van der Waals surface area (Å²) in [7, 11) is 0. The molecule has 2 aliphatic heterocycles. The van der Waals surface area contributed by atoms with E-state index in [0.717, 1.165) is 52.0 Å². The largest absolute Gasteiger partial charge is 0.381 e. The van der Waals surface area contributed by atoms with E-state index in [1.165, 1.54) is 5.56 Å². The number of H-pyrrole nitrogens is 1. The van der Waals surface area contributed by atoms with Gasteiger partial charge in [-0.25, -0.2) is 0 Å². The first-order valence-corrected chi connectivity index (χ1v) is 7.86. The van der Waals surface area contributed by atoms with Crippen molar-refractivity contribution < 1.29 is 9.53 Å². The van der Waals surface area contributed by atoms with E-state index in [4.69, 9.17) is 10.5 Å². The van der Waals surface area contributed by atoms with Crippen molar-refractivity contribution in [2.24, 2.45) is 11.7 Å². The van der Waals surface area contributed by atoms with E-state index in [-0.39, 0.29) is 17.9 Å². The van der Waals surface area contributed by atoms with E-state index in [1.54, 1.807) is 0 Å². The summed E-state index contributed by atoms with van der Waals surface area (Å²) in [5, 5.41) is 6.86. The Morgan fingerprint density at radius 3 is 2.67 bits per heavy atom. The number of piperidine rings is 1. The molecule has 0 aromatic carbocycles. The number of carbonyl (C=O) groups excluding carboxylic acids is 1. The zero-order valence-corrected chi connectivity index (χ0v) is 12.3. The van der Waals surface area contributed by atoms with Gasteiger partial charge in [-0.1, -0.05) is 0 Å². The van der Waals surface area contributed by atoms with Gasteiger partial charge >= 0.3 is 0 Å². The quantitative estimate of drug-likeness (QED) is 0.866. The van der Waals surface area contributed by atoms with Gasteiger partial charge in [-0.05, 0) is 43.1 Å². The number of aromatic amines is 1. The summed E-state index contributed by atoms with van der Waals surface area (Å²) in [6.07, 6.45) is 7.63. The molecule has 1 unspecified atom stereocenters. The monoisotopic (exact) mass is 292 g/mol. The molecule has 0 saturated carbocycles. The summed E-state index contributed by atoms with van der Waals surface area (Å²) in [6.45, 7) is 3.06. The van der Waals surface area contributed by atoms with Gasteiger partial charge in [0.25, 0.3) is 0 Å². The predicted molar refractivity (Wildman–Crippen MR) is 78.7 cm³/mol. The number of hydrogen-bond acceptors (Lipinski definition) is 4. The summed E-state index contributed by atoms with van der Waals surface area (Å²) in [6, 6.07) is -0.362. The molecule has 0 bridgehead atoms. The normalized spacial score (nSPS) is 23.2. The first-order chi connectivity index (χ1) is 10.3. The average Bonchev–Trinajstić information content (AvgIpc) is 3.09. The molecule has 6 heteroatoms. The SMILES string of the molecule is NC(C(=O)N1CCC(c2cn[nH]c2)CC1)C1CCOCC1. The Morgan fingerprint density at radius 1 is 1.33 bits per heavy atom. The van der Waals surface area contributed by atoms with Gasteiger partial charge in [0.05, 0.1) is 12.2 Å². The lowest BCUT2D eigenvalue weighted by Crippen LogP contribution is -2.51. The molecular formula is C15H24N4O2. The minimum absolute atomic E-state index is 0.118. The van der Waals surface area contributed by atoms with Crippen LogP contribution in [0.2, 0.25) is 0 Å². The van der Waals surface area contributed by atoms with Gasteiger partial charge in [0.15, 0.2) is 0 Å². The number of ether oxygens (including phenoxy) is 1. The Balaban J connectivity index is 1.52. The Morgan fingerprint density at radius 2 is 2.05 bits per heavy atom. The fourth-order valence-corrected chi connectivity index (χ4v) is 3.40. The maximum absolute atomic E-state index is 12.5. The van der Waals surface area contributed by atoms with Crippen molar-refractivity contribution in [1.29, 1.82) is 0 Å². The molecule has 21 heavy (non-hydrogen) atoms. The standard InChI is InChI=1S/C15H24N4O2/c16-14(12-3-7-21-8-4-12)15(20)19-5-1-11(2-6-19)13-9-17-18-10-13/h9-12,14H,1-8,16H2,(H,17,18). The minimum Gasteiger partial charge on any atom is -0.381 e. The Labute approximate surface area is 125 Å². The van der Waals surface area contributed by atoms with Gasteiger partial charge in [-0.15, -0.1) is 0 Å². The van der Waals surface area contributed by atoms with Crippen molar-refractivity contribution in [3.63, 3.8) is 0 Å². The van der Waals surface area contributed by atoms with Crippen molar-refractivity contribution in [3.05, 3.63) is 18.0 Å². The molecule has 1 aromatic heterocycles. The van der Waals surface area contributed by atoms with Crippen LogP contribution in [0.1, 0.15) is 37.2 Å². The molecule has 1 atom stereocenters. The zero-order valence-electron chi connectivity index (χ0n) is 12.3. The van der Waals surface area contributed by atoms with Crippen molar-refractivity contribution in [1.82, 2.24) is 15.1 Å². The molecule has 1 amide bonds. The highest BCUT2D eigenvalue weighted by Crippen LogP contribution is 2.28. The molecule has 3 rings (SSSR count). The van der Waals surface area contributed by atoms with Gasteiger partial charge in [-0.2, -0.15) is 5.10 Å². The first-order valence-electron chi connectivity index (χ1n) is 7.86. The molecule has 0 radical (unpaired) electrons. The maximum atomic E-state index is 12.5. The van der Waals surface area contributed by atoms with Crippen LogP contribution in [0.3, 0.4) is 0 Å². The lowest BCUT2D eigenvalue weighted by atomic mass is 9.88. The number of nitrogens with zero attached hydrogens (tertiary/aromatic N) is 2. The molecule has 1 aromatic rings. The number of amides is 1. The number of likely N-dealkylation sites (tertiary alicyclic amines) is 1. The minimum atomic E-state index is -0.362. The number of rotatable bonds is 3. The Kier molecular flexibility index (Phi) is 4.55. The van der Waals surface area contributed by atoms with Crippen LogP contribution >= 0.6 is 0 Å². The van der Waals surface area contributed by atoms with Crippen molar-refractivity contribution in [2.45, 2.75) is 37.6 Å². The predicted octanol–water partition coefficient (Wildman–Crippen LogP) is 0.870. The third-order valence-corrected chi connectivity index (χ3v) is 4.86. The van der Waals surface area contributed by atoms with Gasteiger partial charge in [0.1, 0.15) is 0 Å². The molecule has 3 heterocycles. The number of nitrogens with one attached hydrogen (secondary N) is 1. The van der Waals surface area contributed by atoms with E-state index < -0.39 is 0 Å². The van der Waals surface area contributed by atoms with E-state index in [9.17, 15) is 4.79 Å². The van der Waals surface area contributed by atoms with E-state index in [2.05, 4.69) is 10.2 Å². The van der Waals surface area contributed by atoms with Crippen LogP contribution in [0.15, 0.2) is 12.4 Å². The molecular weight excluding hydrogens is 268 g/mol. The molecule has 6 nitrogen and oxygen atoms in total. The third-order valence-electron chi connectivity index (χ3n) is 4.86. The Hall–Kier alpha value is -1.40. The van der Waals surface area contributed by atoms with Gasteiger partial charge < -0.3 is 15.4 Å². The topological polar surface area (TPSA) is 84.2 Å². The average molecular weight is 292 g/mol. The summed E-state index contributed by atoms with van der Waals surface area (Å²) in [5.41, 5.74) is 7.44. The van der Waals surface area contributed by atoms with Crippen molar-refractivity contribution >= 4 is 5.91 Å². The van der Waals surface area contributed by atoms with Crippen LogP contribution in [-0.2, 0) is 9.53 Å². The second kappa shape index (κ2) is 6.58. The van der Waals surface area contributed by atoms with Crippen molar-refractivity contribution in [2.75, 3.05) is 26.3 Å². The maximum Gasteiger partial charge on any atom is 0.239 e. The smallest absolute Gasteiger partial charge is 0.239 e. The van der Waals surface area contributed by atoms with Crippen LogP contribution < -0.4 is 5.73 Å². The molecule has 2 fully saturated rings. The zero-order chi connectivity index (χ0) is 14.7. The second-order valence-corrected chi connectivity index (χ2v) is 6.11. The number of carbonyl (C=O) groups is 1. The van der Waals surface area contributed by atoms with Crippen molar-refractivity contribution in [3.8, 4) is 0 Å². The molecule has 0 aliphatic carbocycles. The highest BCUT2D eigenvalue weighted by Gasteiger charge is 2.32. The lowest BCUT2D eigenvalue weighted by molar-refractivity contribution is -0.135. The fourth-order valence-electron chi connectivity index (χ4n) is 3.40. The molecule has 2 aliphatic rings. The van der Waals surface area contributed by atoms with Crippen LogP contribution in [0.25, 0.3) is 0 Å². The first kappa shape index (κ1) is 14.5. The van der Waals surface area contributed by atoms with Crippen LogP contribution in [0.4, 0.5) is 0 Å². The highest BCUT2D eigenvalue weighted by molar-refractivity contribution is 5.82. The van der Waals surface area contributed by atoms with Gasteiger partial charge in [0.2, 0.25) is 5.91 Å². The van der Waals surface area contributed by atoms with Crippen LogP contribution in [-0.4, -0.2) is 53.3 Å². The van der Waals surface area contributed by atoms with E-state index in [1.807, 2.05) is 17.3 Å².